The largest absolute Gasteiger partial charge is 0.458 e. The summed E-state index contributed by atoms with van der Waals surface area (Å²) in [5.74, 6) is 1.48. The predicted octanol–water partition coefficient (Wildman–Crippen LogP) is 3.88. The Morgan fingerprint density at radius 3 is 3.00 bits per heavy atom. The predicted molar refractivity (Wildman–Crippen MR) is 79.3 cm³/mol. The highest BCUT2D eigenvalue weighted by atomic mass is 79.9. The molecule has 2 atom stereocenters. The van der Waals surface area contributed by atoms with Crippen LogP contribution in [0.5, 0.6) is 0 Å². The lowest BCUT2D eigenvalue weighted by atomic mass is 9.92. The quantitative estimate of drug-likeness (QED) is 0.930. The Balaban J connectivity index is 1.94. The van der Waals surface area contributed by atoms with Crippen LogP contribution in [0.25, 0.3) is 11.0 Å². The summed E-state index contributed by atoms with van der Waals surface area (Å²) in [7, 11) is 1.99. The molecule has 4 heteroatoms. The molecule has 0 aliphatic carbocycles. The molecule has 1 aromatic carbocycles. The highest BCUT2D eigenvalue weighted by Crippen LogP contribution is 2.34. The monoisotopic (exact) mass is 323 g/mol. The van der Waals surface area contributed by atoms with Gasteiger partial charge < -0.3 is 14.5 Å². The molecule has 2 heterocycles. The number of rotatable bonds is 3. The zero-order valence-electron chi connectivity index (χ0n) is 11.0. The Labute approximate surface area is 121 Å². The zero-order chi connectivity index (χ0) is 13.2. The lowest BCUT2D eigenvalue weighted by molar-refractivity contribution is 0.0371. The number of ether oxygens (including phenoxy) is 1. The van der Waals surface area contributed by atoms with E-state index in [-0.39, 0.29) is 6.04 Å². The number of furan rings is 1. The highest BCUT2D eigenvalue weighted by Gasteiger charge is 2.27. The molecule has 0 amide bonds. The van der Waals surface area contributed by atoms with E-state index in [0.29, 0.717) is 5.92 Å². The second-order valence-corrected chi connectivity index (χ2v) is 5.90. The molecule has 0 saturated carbocycles. The zero-order valence-corrected chi connectivity index (χ0v) is 12.6. The molecular weight excluding hydrogens is 306 g/mol. The van der Waals surface area contributed by atoms with E-state index in [1.165, 1.54) is 6.42 Å². The molecule has 0 spiro atoms. The van der Waals surface area contributed by atoms with Crippen LogP contribution in [0.1, 0.15) is 24.6 Å². The first-order valence-corrected chi connectivity index (χ1v) is 7.52. The molecule has 1 aromatic heterocycles. The molecule has 1 N–H and O–H groups in total. The van der Waals surface area contributed by atoms with E-state index >= 15 is 0 Å². The first kappa shape index (κ1) is 13.2. The first-order chi connectivity index (χ1) is 9.29. The summed E-state index contributed by atoms with van der Waals surface area (Å²) in [5, 5.41) is 4.52. The maximum atomic E-state index is 6.04. The van der Waals surface area contributed by atoms with Gasteiger partial charge in [0, 0.05) is 17.9 Å². The van der Waals surface area contributed by atoms with Crippen molar-refractivity contribution in [1.29, 1.82) is 0 Å². The number of benzene rings is 1. The summed E-state index contributed by atoms with van der Waals surface area (Å²) < 4.78 is 12.6. The van der Waals surface area contributed by atoms with E-state index in [1.54, 1.807) is 0 Å². The fraction of sp³-hybridized carbons (Fsp3) is 0.467. The number of hydrogen-bond donors (Lipinski definition) is 1. The van der Waals surface area contributed by atoms with Crippen LogP contribution in [0.3, 0.4) is 0 Å². The average molecular weight is 324 g/mol. The molecule has 3 rings (SSSR count). The molecule has 2 unspecified atom stereocenters. The minimum Gasteiger partial charge on any atom is -0.458 e. The Kier molecular flexibility index (Phi) is 3.91. The normalized spacial score (nSPS) is 21.7. The van der Waals surface area contributed by atoms with E-state index in [9.17, 15) is 0 Å². The smallest absolute Gasteiger partial charge is 0.148 e. The molecule has 0 radical (unpaired) electrons. The van der Waals surface area contributed by atoms with Crippen LogP contribution >= 0.6 is 15.9 Å². The van der Waals surface area contributed by atoms with Gasteiger partial charge in [0.25, 0.3) is 0 Å². The summed E-state index contributed by atoms with van der Waals surface area (Å²) in [6.45, 7) is 1.70. The summed E-state index contributed by atoms with van der Waals surface area (Å²) in [6.07, 6.45) is 2.32. The van der Waals surface area contributed by atoms with Crippen LogP contribution in [0.15, 0.2) is 33.2 Å². The summed E-state index contributed by atoms with van der Waals surface area (Å²) >= 11 is 3.54. The van der Waals surface area contributed by atoms with E-state index in [1.807, 2.05) is 19.2 Å². The first-order valence-electron chi connectivity index (χ1n) is 6.72. The number of para-hydroxylation sites is 1. The van der Waals surface area contributed by atoms with Crippen LogP contribution in [0, 0.1) is 5.92 Å². The minimum absolute atomic E-state index is 0.222. The van der Waals surface area contributed by atoms with Gasteiger partial charge >= 0.3 is 0 Å². The molecule has 1 fully saturated rings. The van der Waals surface area contributed by atoms with Crippen molar-refractivity contribution >= 4 is 26.9 Å². The maximum Gasteiger partial charge on any atom is 0.148 e. The van der Waals surface area contributed by atoms with Crippen molar-refractivity contribution in [2.24, 2.45) is 5.92 Å². The molecule has 1 aliphatic rings. The van der Waals surface area contributed by atoms with Crippen molar-refractivity contribution in [1.82, 2.24) is 5.32 Å². The van der Waals surface area contributed by atoms with Gasteiger partial charge in [-0.25, -0.2) is 0 Å². The van der Waals surface area contributed by atoms with Crippen molar-refractivity contribution in [3.8, 4) is 0 Å². The Bertz CT molecular complexity index is 560. The molecule has 102 valence electrons. The fourth-order valence-corrected chi connectivity index (χ4v) is 3.30. The molecule has 19 heavy (non-hydrogen) atoms. The summed E-state index contributed by atoms with van der Waals surface area (Å²) in [4.78, 5) is 0. The fourth-order valence-electron chi connectivity index (χ4n) is 2.84. The van der Waals surface area contributed by atoms with Crippen LogP contribution in [0.4, 0.5) is 0 Å². The van der Waals surface area contributed by atoms with Crippen molar-refractivity contribution < 1.29 is 9.15 Å². The van der Waals surface area contributed by atoms with Crippen molar-refractivity contribution in [3.63, 3.8) is 0 Å². The third-order valence-corrected chi connectivity index (χ3v) is 4.42. The van der Waals surface area contributed by atoms with Crippen LogP contribution in [-0.4, -0.2) is 20.3 Å². The molecular formula is C15H18BrNO2. The van der Waals surface area contributed by atoms with Gasteiger partial charge in [0.15, 0.2) is 0 Å². The topological polar surface area (TPSA) is 34.4 Å². The lowest BCUT2D eigenvalue weighted by Gasteiger charge is -2.28. The number of nitrogens with one attached hydrogen (secondary N) is 1. The Hall–Kier alpha value is -0.840. The summed E-state index contributed by atoms with van der Waals surface area (Å²) in [6, 6.07) is 8.48. The van der Waals surface area contributed by atoms with Gasteiger partial charge in [-0.1, -0.05) is 12.1 Å². The van der Waals surface area contributed by atoms with Crippen LogP contribution in [-0.2, 0) is 4.74 Å². The Morgan fingerprint density at radius 2 is 2.32 bits per heavy atom. The molecule has 1 aliphatic heterocycles. The van der Waals surface area contributed by atoms with Crippen molar-refractivity contribution in [2.45, 2.75) is 18.9 Å². The number of fused-ring (bicyclic) bond motifs is 1. The van der Waals surface area contributed by atoms with Crippen LogP contribution in [0.2, 0.25) is 0 Å². The molecule has 0 bridgehead atoms. The third-order valence-electron chi connectivity index (χ3n) is 3.80. The van der Waals surface area contributed by atoms with Crippen molar-refractivity contribution in [2.75, 3.05) is 20.3 Å². The van der Waals surface area contributed by atoms with E-state index in [2.05, 4.69) is 33.4 Å². The highest BCUT2D eigenvalue weighted by molar-refractivity contribution is 9.10. The molecule has 3 nitrogen and oxygen atoms in total. The van der Waals surface area contributed by atoms with Crippen molar-refractivity contribution in [3.05, 3.63) is 34.5 Å². The van der Waals surface area contributed by atoms with Gasteiger partial charge in [-0.3, -0.25) is 0 Å². The van der Waals surface area contributed by atoms with Gasteiger partial charge in [0.05, 0.1) is 17.1 Å². The third kappa shape index (κ3) is 2.57. The van der Waals surface area contributed by atoms with Gasteiger partial charge in [-0.2, -0.15) is 0 Å². The standard InChI is InChI=1S/C15H18BrNO2/c1-17-14(11-5-3-7-18-9-11)13-8-10-4-2-6-12(16)15(10)19-13/h2,4,6,8,11,14,17H,3,5,7,9H2,1H3. The van der Waals surface area contributed by atoms with Crippen LogP contribution < -0.4 is 5.32 Å². The van der Waals surface area contributed by atoms with E-state index in [4.69, 9.17) is 9.15 Å². The lowest BCUT2D eigenvalue weighted by Crippen LogP contribution is -2.31. The SMILES string of the molecule is CNC(c1cc2cccc(Br)c2o1)C1CCCOC1. The second kappa shape index (κ2) is 5.65. The maximum absolute atomic E-state index is 6.04. The van der Waals surface area contributed by atoms with Gasteiger partial charge in [0.1, 0.15) is 11.3 Å². The minimum atomic E-state index is 0.222. The molecule has 1 saturated heterocycles. The Morgan fingerprint density at radius 1 is 1.42 bits per heavy atom. The van der Waals surface area contributed by atoms with Gasteiger partial charge in [-0.15, -0.1) is 0 Å². The van der Waals surface area contributed by atoms with Gasteiger partial charge in [0.2, 0.25) is 0 Å². The van der Waals surface area contributed by atoms with E-state index in [0.717, 1.165) is 40.8 Å². The number of hydrogen-bond acceptors (Lipinski definition) is 3. The number of halogens is 1. The average Bonchev–Trinajstić information content (AvgIpc) is 2.86. The molecule has 2 aromatic rings. The van der Waals surface area contributed by atoms with Gasteiger partial charge in [-0.05, 0) is 48.0 Å². The van der Waals surface area contributed by atoms with E-state index < -0.39 is 0 Å². The summed E-state index contributed by atoms with van der Waals surface area (Å²) in [5.41, 5.74) is 0.925. The second-order valence-electron chi connectivity index (χ2n) is 5.05.